The molecule has 0 radical (unpaired) electrons. The van der Waals surface area contributed by atoms with Gasteiger partial charge < -0.3 is 21.3 Å². The molecule has 7 nitrogen and oxygen atoms in total. The van der Waals surface area contributed by atoms with E-state index in [1.807, 2.05) is 31.3 Å². The molecule has 1 fully saturated rings. The number of likely N-dealkylation sites (N-methyl/N-ethyl adjacent to an activating group) is 1. The third-order valence-corrected chi connectivity index (χ3v) is 3.51. The minimum atomic E-state index is 0.304. The zero-order valence-corrected chi connectivity index (χ0v) is 12.0. The van der Waals surface area contributed by atoms with E-state index >= 15 is 0 Å². The molecule has 110 valence electrons. The van der Waals surface area contributed by atoms with Crippen molar-refractivity contribution in [1.29, 1.82) is 0 Å². The predicted molar refractivity (Wildman–Crippen MR) is 83.1 cm³/mol. The number of rotatable bonds is 5. The Bertz CT molecular complexity index is 596. The van der Waals surface area contributed by atoms with Crippen molar-refractivity contribution in [3.8, 4) is 0 Å². The maximum Gasteiger partial charge on any atom is 0.222 e. The Morgan fingerprint density at radius 1 is 1.33 bits per heavy atom. The Morgan fingerprint density at radius 3 is 2.90 bits per heavy atom. The van der Waals surface area contributed by atoms with Crippen LogP contribution < -0.4 is 21.3 Å². The second-order valence-electron chi connectivity index (χ2n) is 5.03. The van der Waals surface area contributed by atoms with Gasteiger partial charge in [-0.2, -0.15) is 4.98 Å². The molecule has 0 spiro atoms. The summed E-state index contributed by atoms with van der Waals surface area (Å²) in [7, 11) is 1.97. The van der Waals surface area contributed by atoms with E-state index in [2.05, 4.69) is 30.5 Å². The van der Waals surface area contributed by atoms with Crippen molar-refractivity contribution in [3.05, 3.63) is 36.2 Å². The van der Waals surface area contributed by atoms with Gasteiger partial charge in [-0.3, -0.25) is 0 Å². The number of nitrogens with two attached hydrogens (primary N) is 1. The second-order valence-corrected chi connectivity index (χ2v) is 5.03. The van der Waals surface area contributed by atoms with Crippen LogP contribution in [0.25, 0.3) is 0 Å². The van der Waals surface area contributed by atoms with Crippen molar-refractivity contribution in [3.63, 3.8) is 0 Å². The molecule has 4 N–H and O–H groups in total. The molecule has 1 aliphatic rings. The van der Waals surface area contributed by atoms with E-state index in [9.17, 15) is 0 Å². The maximum absolute atomic E-state index is 5.80. The molecule has 3 rings (SSSR count). The van der Waals surface area contributed by atoms with Crippen molar-refractivity contribution in [2.45, 2.75) is 12.6 Å². The SMILES string of the molecule is CNC1CN(c2cc(CNc3ccccn3)nc(N)n2)C1. The van der Waals surface area contributed by atoms with Crippen molar-refractivity contribution in [2.24, 2.45) is 0 Å². The number of aromatic nitrogens is 3. The second kappa shape index (κ2) is 5.92. The van der Waals surface area contributed by atoms with Crippen LogP contribution in [0.1, 0.15) is 5.69 Å². The summed E-state index contributed by atoms with van der Waals surface area (Å²) in [5.74, 6) is 2.00. The number of anilines is 3. The third-order valence-electron chi connectivity index (χ3n) is 3.51. The number of pyridine rings is 1. The van der Waals surface area contributed by atoms with Crippen LogP contribution in [0, 0.1) is 0 Å². The van der Waals surface area contributed by atoms with E-state index < -0.39 is 0 Å². The zero-order chi connectivity index (χ0) is 14.7. The van der Waals surface area contributed by atoms with Crippen LogP contribution in [0.3, 0.4) is 0 Å². The van der Waals surface area contributed by atoms with E-state index in [4.69, 9.17) is 5.73 Å². The Morgan fingerprint density at radius 2 is 2.19 bits per heavy atom. The van der Waals surface area contributed by atoms with Gasteiger partial charge in [-0.15, -0.1) is 0 Å². The van der Waals surface area contributed by atoms with Gasteiger partial charge in [-0.25, -0.2) is 9.97 Å². The summed E-state index contributed by atoms with van der Waals surface area (Å²) in [6.07, 6.45) is 1.75. The lowest BCUT2D eigenvalue weighted by Gasteiger charge is -2.40. The molecular formula is C14H19N7. The van der Waals surface area contributed by atoms with Crippen molar-refractivity contribution in [2.75, 3.05) is 36.1 Å². The molecule has 0 bridgehead atoms. The van der Waals surface area contributed by atoms with E-state index in [0.29, 0.717) is 18.5 Å². The van der Waals surface area contributed by atoms with Gasteiger partial charge >= 0.3 is 0 Å². The van der Waals surface area contributed by atoms with Crippen LogP contribution in [0.15, 0.2) is 30.5 Å². The Kier molecular flexibility index (Phi) is 3.83. The fourth-order valence-corrected chi connectivity index (χ4v) is 2.25. The van der Waals surface area contributed by atoms with Gasteiger partial charge in [-0.1, -0.05) is 6.07 Å². The zero-order valence-electron chi connectivity index (χ0n) is 12.0. The monoisotopic (exact) mass is 285 g/mol. The van der Waals surface area contributed by atoms with Gasteiger partial charge in [0.15, 0.2) is 0 Å². The van der Waals surface area contributed by atoms with Crippen molar-refractivity contribution in [1.82, 2.24) is 20.3 Å². The molecule has 0 amide bonds. The van der Waals surface area contributed by atoms with E-state index in [1.165, 1.54) is 0 Å². The molecule has 0 saturated carbocycles. The van der Waals surface area contributed by atoms with E-state index in [0.717, 1.165) is 30.4 Å². The van der Waals surface area contributed by atoms with E-state index in [1.54, 1.807) is 6.20 Å². The number of nitrogens with one attached hydrogen (secondary N) is 2. The van der Waals surface area contributed by atoms with Gasteiger partial charge in [0, 0.05) is 31.4 Å². The van der Waals surface area contributed by atoms with Gasteiger partial charge in [0.25, 0.3) is 0 Å². The molecule has 7 heteroatoms. The summed E-state index contributed by atoms with van der Waals surface area (Å²) in [6.45, 7) is 2.46. The summed E-state index contributed by atoms with van der Waals surface area (Å²) in [5.41, 5.74) is 6.66. The Balaban J connectivity index is 1.67. The number of nitrogen functional groups attached to an aromatic ring is 1. The quantitative estimate of drug-likeness (QED) is 0.735. The third kappa shape index (κ3) is 3.19. The molecule has 1 aliphatic heterocycles. The highest BCUT2D eigenvalue weighted by molar-refractivity contribution is 5.47. The smallest absolute Gasteiger partial charge is 0.222 e. The standard InChI is InChI=1S/C14H19N7/c1-16-11-8-21(9-11)13-6-10(19-14(15)20-13)7-18-12-4-2-3-5-17-12/h2-6,11,16H,7-9H2,1H3,(H,17,18)(H2,15,19,20). The molecule has 21 heavy (non-hydrogen) atoms. The first-order chi connectivity index (χ1) is 10.2. The van der Waals surface area contributed by atoms with Crippen molar-refractivity contribution < 1.29 is 0 Å². The lowest BCUT2D eigenvalue weighted by Crippen LogP contribution is -2.57. The Labute approximate surface area is 123 Å². The minimum absolute atomic E-state index is 0.304. The summed E-state index contributed by atoms with van der Waals surface area (Å²) in [5, 5.41) is 6.46. The molecule has 0 unspecified atom stereocenters. The number of hydrogen-bond acceptors (Lipinski definition) is 7. The normalized spacial score (nSPS) is 14.8. The van der Waals surface area contributed by atoms with Crippen LogP contribution in [0.2, 0.25) is 0 Å². The summed E-state index contributed by atoms with van der Waals surface area (Å²) in [4.78, 5) is 15.0. The van der Waals surface area contributed by atoms with Crippen LogP contribution in [0.5, 0.6) is 0 Å². The minimum Gasteiger partial charge on any atom is -0.368 e. The predicted octanol–water partition coefficient (Wildman–Crippen LogP) is 0.474. The van der Waals surface area contributed by atoms with Crippen LogP contribution in [-0.2, 0) is 6.54 Å². The molecule has 3 heterocycles. The lowest BCUT2D eigenvalue weighted by atomic mass is 10.1. The first-order valence-corrected chi connectivity index (χ1v) is 6.95. The first kappa shape index (κ1) is 13.6. The highest BCUT2D eigenvalue weighted by Gasteiger charge is 2.26. The highest BCUT2D eigenvalue weighted by atomic mass is 15.3. The fourth-order valence-electron chi connectivity index (χ4n) is 2.25. The van der Waals surface area contributed by atoms with Crippen LogP contribution in [-0.4, -0.2) is 41.1 Å². The number of hydrogen-bond donors (Lipinski definition) is 3. The lowest BCUT2D eigenvalue weighted by molar-refractivity contribution is 0.447. The topological polar surface area (TPSA) is 92.0 Å². The Hall–Kier alpha value is -2.41. The van der Waals surface area contributed by atoms with Gasteiger partial charge in [0.1, 0.15) is 11.6 Å². The van der Waals surface area contributed by atoms with Gasteiger partial charge in [0.2, 0.25) is 5.95 Å². The molecule has 0 aromatic carbocycles. The fraction of sp³-hybridized carbons (Fsp3) is 0.357. The molecular weight excluding hydrogens is 266 g/mol. The summed E-state index contributed by atoms with van der Waals surface area (Å²) >= 11 is 0. The van der Waals surface area contributed by atoms with E-state index in [-0.39, 0.29) is 0 Å². The molecule has 0 atom stereocenters. The highest BCUT2D eigenvalue weighted by Crippen LogP contribution is 2.20. The first-order valence-electron chi connectivity index (χ1n) is 6.95. The molecule has 1 saturated heterocycles. The van der Waals surface area contributed by atoms with Gasteiger partial charge in [0.05, 0.1) is 12.2 Å². The number of nitrogens with zero attached hydrogens (tertiary/aromatic N) is 4. The average molecular weight is 285 g/mol. The van der Waals surface area contributed by atoms with Crippen LogP contribution in [0.4, 0.5) is 17.6 Å². The van der Waals surface area contributed by atoms with Crippen LogP contribution >= 0.6 is 0 Å². The molecule has 0 aliphatic carbocycles. The average Bonchev–Trinajstić information content (AvgIpc) is 2.45. The maximum atomic E-state index is 5.80. The van der Waals surface area contributed by atoms with Crippen molar-refractivity contribution >= 4 is 17.6 Å². The molecule has 2 aromatic heterocycles. The molecule has 2 aromatic rings. The van der Waals surface area contributed by atoms with Gasteiger partial charge in [-0.05, 0) is 19.2 Å². The summed E-state index contributed by atoms with van der Waals surface area (Å²) < 4.78 is 0. The largest absolute Gasteiger partial charge is 0.368 e. The summed E-state index contributed by atoms with van der Waals surface area (Å²) in [6, 6.07) is 8.23.